The number of rotatable bonds is 7. The summed E-state index contributed by atoms with van der Waals surface area (Å²) in [6.45, 7) is 6.02. The molecular formula is C22H29BrO. The van der Waals surface area contributed by atoms with E-state index in [9.17, 15) is 0 Å². The van der Waals surface area contributed by atoms with E-state index in [-0.39, 0.29) is 5.41 Å². The van der Waals surface area contributed by atoms with Crippen molar-refractivity contribution in [3.05, 3.63) is 70.4 Å². The molecule has 1 nitrogen and oxygen atoms in total. The van der Waals surface area contributed by atoms with Crippen LogP contribution in [0.1, 0.15) is 57.4 Å². The molecule has 0 aromatic heterocycles. The maximum absolute atomic E-state index is 5.40. The summed E-state index contributed by atoms with van der Waals surface area (Å²) in [6.07, 6.45) is 14.7. The van der Waals surface area contributed by atoms with Gasteiger partial charge in [0.05, 0.1) is 12.9 Å². The molecule has 0 spiro atoms. The lowest BCUT2D eigenvalue weighted by Crippen LogP contribution is -2.29. The molecule has 130 valence electrons. The van der Waals surface area contributed by atoms with Gasteiger partial charge < -0.3 is 4.74 Å². The monoisotopic (exact) mass is 388 g/mol. The highest BCUT2D eigenvalue weighted by Crippen LogP contribution is 2.44. The summed E-state index contributed by atoms with van der Waals surface area (Å²) < 4.78 is 6.58. The first-order valence-corrected chi connectivity index (χ1v) is 9.66. The van der Waals surface area contributed by atoms with Crippen LogP contribution in [0.5, 0.6) is 0 Å². The molecule has 2 heteroatoms. The second-order valence-electron chi connectivity index (χ2n) is 6.87. The van der Waals surface area contributed by atoms with Crippen molar-refractivity contribution in [3.8, 4) is 0 Å². The standard InChI is InChI=1S/C22H29BrO/c1-4-9-21(24-3)13-12-18(2)17-22(14-6-5-7-15-22)19-10-8-11-20(23)16-19/h4,8,10-13,16H,1,5-7,9,14-15,17H2,2-3H3/b18-12+,21-13+. The van der Waals surface area contributed by atoms with Crippen LogP contribution in [-0.4, -0.2) is 7.11 Å². The molecule has 0 amide bonds. The molecule has 1 aliphatic rings. The molecule has 0 unspecified atom stereocenters. The predicted molar refractivity (Wildman–Crippen MR) is 107 cm³/mol. The van der Waals surface area contributed by atoms with E-state index in [2.05, 4.69) is 65.9 Å². The van der Waals surface area contributed by atoms with Gasteiger partial charge in [-0.1, -0.05) is 65.1 Å². The molecule has 1 aliphatic carbocycles. The summed E-state index contributed by atoms with van der Waals surface area (Å²) in [5.74, 6) is 0.962. The maximum atomic E-state index is 5.40. The van der Waals surface area contributed by atoms with Crippen LogP contribution >= 0.6 is 15.9 Å². The first-order chi connectivity index (χ1) is 11.6. The minimum Gasteiger partial charge on any atom is -0.501 e. The van der Waals surface area contributed by atoms with Crippen LogP contribution < -0.4 is 0 Å². The quantitative estimate of drug-likeness (QED) is 0.275. The summed E-state index contributed by atoms with van der Waals surface area (Å²) in [5, 5.41) is 0. The lowest BCUT2D eigenvalue weighted by Gasteiger charge is -2.38. The number of halogens is 1. The SMILES string of the molecule is C=CC/C(=C\C=C(/C)CC1(c2cccc(Br)c2)CCCCC1)OC. The van der Waals surface area contributed by atoms with E-state index >= 15 is 0 Å². The first kappa shape index (κ1) is 19.1. The lowest BCUT2D eigenvalue weighted by molar-refractivity contribution is 0.284. The molecule has 0 heterocycles. The average Bonchev–Trinajstić information content (AvgIpc) is 2.59. The van der Waals surface area contributed by atoms with Gasteiger partial charge in [0.15, 0.2) is 0 Å². The molecule has 0 aliphatic heterocycles. The van der Waals surface area contributed by atoms with Crippen molar-refractivity contribution in [1.29, 1.82) is 0 Å². The maximum Gasteiger partial charge on any atom is 0.0992 e. The molecule has 0 atom stereocenters. The van der Waals surface area contributed by atoms with Gasteiger partial charge in [-0.05, 0) is 55.4 Å². The van der Waals surface area contributed by atoms with Crippen LogP contribution in [-0.2, 0) is 10.2 Å². The predicted octanol–water partition coefficient (Wildman–Crippen LogP) is 7.09. The van der Waals surface area contributed by atoms with Crippen molar-refractivity contribution in [3.63, 3.8) is 0 Å². The Labute approximate surface area is 155 Å². The minimum atomic E-state index is 0.280. The average molecular weight is 389 g/mol. The minimum absolute atomic E-state index is 0.280. The molecule has 0 bridgehead atoms. The summed E-state index contributed by atoms with van der Waals surface area (Å²) >= 11 is 3.65. The van der Waals surface area contributed by atoms with Crippen molar-refractivity contribution in [2.45, 2.75) is 57.3 Å². The van der Waals surface area contributed by atoms with E-state index in [0.29, 0.717) is 0 Å². The second kappa shape index (κ2) is 9.27. The zero-order chi connectivity index (χ0) is 17.4. The molecular weight excluding hydrogens is 360 g/mol. The van der Waals surface area contributed by atoms with E-state index in [4.69, 9.17) is 4.74 Å². The molecule has 0 N–H and O–H groups in total. The Morgan fingerprint density at radius 3 is 2.62 bits per heavy atom. The van der Waals surface area contributed by atoms with Crippen molar-refractivity contribution >= 4 is 15.9 Å². The van der Waals surface area contributed by atoms with Gasteiger partial charge in [-0.25, -0.2) is 0 Å². The number of allylic oxidation sites excluding steroid dienone is 4. The normalized spacial score (nSPS) is 18.3. The fourth-order valence-electron chi connectivity index (χ4n) is 3.80. The highest BCUT2D eigenvalue weighted by atomic mass is 79.9. The summed E-state index contributed by atoms with van der Waals surface area (Å²) in [5.41, 5.74) is 3.17. The van der Waals surface area contributed by atoms with Crippen LogP contribution in [0.15, 0.2) is 64.9 Å². The van der Waals surface area contributed by atoms with Gasteiger partial charge in [0.1, 0.15) is 0 Å². The number of hydrogen-bond donors (Lipinski definition) is 0. The Kier molecular flexibility index (Phi) is 7.36. The summed E-state index contributed by atoms with van der Waals surface area (Å²) in [7, 11) is 1.72. The van der Waals surface area contributed by atoms with Gasteiger partial charge in [-0.15, -0.1) is 6.58 Å². The molecule has 1 aromatic rings. The molecule has 0 saturated heterocycles. The largest absolute Gasteiger partial charge is 0.501 e. The highest BCUT2D eigenvalue weighted by Gasteiger charge is 2.33. The third kappa shape index (κ3) is 5.11. The van der Waals surface area contributed by atoms with Crippen LogP contribution in [0, 0.1) is 0 Å². The van der Waals surface area contributed by atoms with Crippen LogP contribution in [0.25, 0.3) is 0 Å². The van der Waals surface area contributed by atoms with Gasteiger partial charge in [-0.2, -0.15) is 0 Å². The fraction of sp³-hybridized carbons (Fsp3) is 0.455. The molecule has 1 saturated carbocycles. The third-order valence-electron chi connectivity index (χ3n) is 5.03. The van der Waals surface area contributed by atoms with Crippen LogP contribution in [0.3, 0.4) is 0 Å². The van der Waals surface area contributed by atoms with Crippen molar-refractivity contribution in [1.82, 2.24) is 0 Å². The van der Waals surface area contributed by atoms with E-state index in [0.717, 1.165) is 18.6 Å². The van der Waals surface area contributed by atoms with E-state index < -0.39 is 0 Å². The zero-order valence-electron chi connectivity index (χ0n) is 15.0. The molecule has 1 fully saturated rings. The first-order valence-electron chi connectivity index (χ1n) is 8.87. The molecule has 1 aromatic carbocycles. The molecule has 24 heavy (non-hydrogen) atoms. The Balaban J connectivity index is 2.24. The van der Waals surface area contributed by atoms with E-state index in [1.54, 1.807) is 7.11 Å². The summed E-state index contributed by atoms with van der Waals surface area (Å²) in [4.78, 5) is 0. The number of hydrogen-bond acceptors (Lipinski definition) is 1. The van der Waals surface area contributed by atoms with Crippen LogP contribution in [0.4, 0.5) is 0 Å². The Bertz CT molecular complexity index is 606. The number of ether oxygens (including phenoxy) is 1. The van der Waals surface area contributed by atoms with Gasteiger partial charge in [0.2, 0.25) is 0 Å². The van der Waals surface area contributed by atoms with Gasteiger partial charge in [0, 0.05) is 10.9 Å². The van der Waals surface area contributed by atoms with Gasteiger partial charge >= 0.3 is 0 Å². The summed E-state index contributed by atoms with van der Waals surface area (Å²) in [6, 6.07) is 8.90. The smallest absolute Gasteiger partial charge is 0.0992 e. The Morgan fingerprint density at radius 2 is 2.00 bits per heavy atom. The van der Waals surface area contributed by atoms with Crippen molar-refractivity contribution < 1.29 is 4.74 Å². The lowest BCUT2D eigenvalue weighted by atomic mass is 9.66. The van der Waals surface area contributed by atoms with Crippen molar-refractivity contribution in [2.24, 2.45) is 0 Å². The number of methoxy groups -OCH3 is 1. The third-order valence-corrected chi connectivity index (χ3v) is 5.52. The molecule has 0 radical (unpaired) electrons. The van der Waals surface area contributed by atoms with Crippen LogP contribution in [0.2, 0.25) is 0 Å². The topological polar surface area (TPSA) is 9.23 Å². The van der Waals surface area contributed by atoms with E-state index in [1.807, 2.05) is 6.08 Å². The van der Waals surface area contributed by atoms with Gasteiger partial charge in [-0.3, -0.25) is 0 Å². The number of benzene rings is 1. The second-order valence-corrected chi connectivity index (χ2v) is 7.79. The Hall–Kier alpha value is -1.28. The zero-order valence-corrected chi connectivity index (χ0v) is 16.6. The molecule has 2 rings (SSSR count). The Morgan fingerprint density at radius 1 is 1.25 bits per heavy atom. The highest BCUT2D eigenvalue weighted by molar-refractivity contribution is 9.10. The van der Waals surface area contributed by atoms with Crippen molar-refractivity contribution in [2.75, 3.05) is 7.11 Å². The van der Waals surface area contributed by atoms with Gasteiger partial charge in [0.25, 0.3) is 0 Å². The fourth-order valence-corrected chi connectivity index (χ4v) is 4.20. The van der Waals surface area contributed by atoms with E-state index in [1.165, 1.54) is 47.7 Å².